The number of rotatable bonds is 4. The van der Waals surface area contributed by atoms with Crippen LogP contribution in [0.2, 0.25) is 0 Å². The summed E-state index contributed by atoms with van der Waals surface area (Å²) >= 11 is 0. The number of hydrogen-bond acceptors (Lipinski definition) is 1. The van der Waals surface area contributed by atoms with E-state index in [0.717, 1.165) is 0 Å². The molecule has 1 N–H and O–H groups in total. The maximum atomic E-state index is 3.69. The van der Waals surface area contributed by atoms with E-state index in [1.165, 1.54) is 54.0 Å². The van der Waals surface area contributed by atoms with Crippen LogP contribution in [0.4, 0.5) is 0 Å². The molecular formula is C20H27N. The molecule has 2 aromatic carbocycles. The van der Waals surface area contributed by atoms with Crippen LogP contribution in [-0.2, 0) is 0 Å². The van der Waals surface area contributed by atoms with E-state index in [2.05, 4.69) is 62.6 Å². The summed E-state index contributed by atoms with van der Waals surface area (Å²) in [4.78, 5) is 0. The summed E-state index contributed by atoms with van der Waals surface area (Å²) < 4.78 is 0. The summed E-state index contributed by atoms with van der Waals surface area (Å²) in [5, 5.41) is 6.48. The third-order valence-electron chi connectivity index (χ3n) is 5.68. The molecule has 112 valence electrons. The minimum Gasteiger partial charge on any atom is -0.313 e. The molecule has 1 aliphatic carbocycles. The van der Waals surface area contributed by atoms with E-state index in [9.17, 15) is 0 Å². The molecule has 2 aromatic rings. The van der Waals surface area contributed by atoms with Crippen molar-refractivity contribution < 1.29 is 0 Å². The number of benzene rings is 2. The average Bonchev–Trinajstić information content (AvgIpc) is 3.00. The Kier molecular flexibility index (Phi) is 4.03. The zero-order valence-corrected chi connectivity index (χ0v) is 13.6. The number of aryl methyl sites for hydroxylation is 1. The van der Waals surface area contributed by atoms with E-state index in [0.29, 0.717) is 11.5 Å². The maximum absolute atomic E-state index is 3.69. The number of fused-ring (bicyclic) bond motifs is 1. The van der Waals surface area contributed by atoms with Crippen LogP contribution in [0.25, 0.3) is 10.8 Å². The van der Waals surface area contributed by atoms with Gasteiger partial charge in [-0.2, -0.15) is 0 Å². The van der Waals surface area contributed by atoms with Gasteiger partial charge in [-0.3, -0.25) is 0 Å². The molecule has 1 nitrogen and oxygen atoms in total. The van der Waals surface area contributed by atoms with Crippen molar-refractivity contribution in [2.24, 2.45) is 5.41 Å². The van der Waals surface area contributed by atoms with E-state index >= 15 is 0 Å². The zero-order valence-electron chi connectivity index (χ0n) is 13.6. The smallest absolute Gasteiger partial charge is 0.0383 e. The van der Waals surface area contributed by atoms with Gasteiger partial charge in [-0.1, -0.05) is 56.2 Å². The highest BCUT2D eigenvalue weighted by Crippen LogP contribution is 2.51. The fraction of sp³-hybridized carbons (Fsp3) is 0.500. The average molecular weight is 281 g/mol. The quantitative estimate of drug-likeness (QED) is 0.793. The number of nitrogens with one attached hydrogen (secondary N) is 1. The van der Waals surface area contributed by atoms with Gasteiger partial charge in [-0.05, 0) is 60.5 Å². The van der Waals surface area contributed by atoms with Crippen molar-refractivity contribution in [3.63, 3.8) is 0 Å². The van der Waals surface area contributed by atoms with E-state index in [4.69, 9.17) is 0 Å². The summed E-state index contributed by atoms with van der Waals surface area (Å²) in [5.74, 6) is 0. The van der Waals surface area contributed by atoms with Gasteiger partial charge in [-0.25, -0.2) is 0 Å². The van der Waals surface area contributed by atoms with Gasteiger partial charge < -0.3 is 5.32 Å². The summed E-state index contributed by atoms with van der Waals surface area (Å²) in [6.45, 7) is 4.64. The van der Waals surface area contributed by atoms with Crippen LogP contribution < -0.4 is 5.32 Å². The van der Waals surface area contributed by atoms with Crippen LogP contribution in [0.15, 0.2) is 36.4 Å². The fourth-order valence-electron chi connectivity index (χ4n) is 4.47. The van der Waals surface area contributed by atoms with Crippen molar-refractivity contribution in [1.29, 1.82) is 0 Å². The molecule has 1 saturated carbocycles. The molecule has 1 atom stereocenters. The van der Waals surface area contributed by atoms with Crippen molar-refractivity contribution in [2.45, 2.75) is 52.0 Å². The molecule has 0 spiro atoms. The van der Waals surface area contributed by atoms with Gasteiger partial charge in [0.1, 0.15) is 0 Å². The maximum Gasteiger partial charge on any atom is 0.0383 e. The largest absolute Gasteiger partial charge is 0.313 e. The molecule has 1 unspecified atom stereocenters. The van der Waals surface area contributed by atoms with Crippen molar-refractivity contribution in [3.8, 4) is 0 Å². The Morgan fingerprint density at radius 1 is 1.10 bits per heavy atom. The second kappa shape index (κ2) is 5.81. The lowest BCUT2D eigenvalue weighted by atomic mass is 9.71. The molecule has 0 bridgehead atoms. The van der Waals surface area contributed by atoms with E-state index in [1.807, 2.05) is 0 Å². The van der Waals surface area contributed by atoms with Gasteiger partial charge in [0, 0.05) is 6.04 Å². The van der Waals surface area contributed by atoms with Gasteiger partial charge in [0.25, 0.3) is 0 Å². The summed E-state index contributed by atoms with van der Waals surface area (Å²) in [7, 11) is 2.14. The second-order valence-corrected chi connectivity index (χ2v) is 6.66. The minimum atomic E-state index is 0.434. The molecule has 0 saturated heterocycles. The molecule has 1 aliphatic rings. The molecule has 0 heterocycles. The van der Waals surface area contributed by atoms with Crippen molar-refractivity contribution in [2.75, 3.05) is 7.05 Å². The molecule has 0 aliphatic heterocycles. The van der Waals surface area contributed by atoms with E-state index in [-0.39, 0.29) is 0 Å². The molecule has 1 heteroatoms. The Morgan fingerprint density at radius 3 is 2.48 bits per heavy atom. The molecular weight excluding hydrogens is 254 g/mol. The minimum absolute atomic E-state index is 0.434. The summed E-state index contributed by atoms with van der Waals surface area (Å²) in [6.07, 6.45) is 6.75. The van der Waals surface area contributed by atoms with Gasteiger partial charge in [0.15, 0.2) is 0 Å². The van der Waals surface area contributed by atoms with Gasteiger partial charge in [-0.15, -0.1) is 0 Å². The predicted octanol–water partition coefficient (Wildman–Crippen LogP) is 5.38. The number of hydrogen-bond donors (Lipinski definition) is 1. The van der Waals surface area contributed by atoms with Crippen LogP contribution in [0, 0.1) is 12.3 Å². The lowest BCUT2D eigenvalue weighted by Crippen LogP contribution is -2.34. The fourth-order valence-corrected chi connectivity index (χ4v) is 4.47. The van der Waals surface area contributed by atoms with Crippen molar-refractivity contribution in [3.05, 3.63) is 47.5 Å². The highest BCUT2D eigenvalue weighted by molar-refractivity contribution is 5.87. The van der Waals surface area contributed by atoms with E-state index in [1.54, 1.807) is 0 Å². The first-order valence-electron chi connectivity index (χ1n) is 8.37. The van der Waals surface area contributed by atoms with Crippen LogP contribution >= 0.6 is 0 Å². The molecule has 0 radical (unpaired) electrons. The standard InChI is InChI=1S/C20H27N/c1-4-20(13-7-8-14-20)19(21-3)18-15(2)11-12-16-9-5-6-10-17(16)18/h5-6,9-12,19,21H,4,7-8,13-14H2,1-3H3. The third kappa shape index (κ3) is 2.38. The first-order chi connectivity index (χ1) is 10.2. The normalized spacial score (nSPS) is 19.0. The Bertz CT molecular complexity index is 623. The monoisotopic (exact) mass is 281 g/mol. The predicted molar refractivity (Wildman–Crippen MR) is 91.7 cm³/mol. The van der Waals surface area contributed by atoms with Crippen molar-refractivity contribution in [1.82, 2.24) is 5.32 Å². The first-order valence-corrected chi connectivity index (χ1v) is 8.37. The Hall–Kier alpha value is -1.34. The zero-order chi connectivity index (χ0) is 14.9. The van der Waals surface area contributed by atoms with Crippen LogP contribution in [0.3, 0.4) is 0 Å². The SMILES string of the molecule is CCC1(C(NC)c2c(C)ccc3ccccc23)CCCC1. The lowest BCUT2D eigenvalue weighted by Gasteiger charge is -2.38. The molecule has 21 heavy (non-hydrogen) atoms. The highest BCUT2D eigenvalue weighted by atomic mass is 14.9. The first kappa shape index (κ1) is 14.6. The second-order valence-electron chi connectivity index (χ2n) is 6.66. The summed E-state index contributed by atoms with van der Waals surface area (Å²) in [5.41, 5.74) is 3.39. The summed E-state index contributed by atoms with van der Waals surface area (Å²) in [6, 6.07) is 13.9. The highest BCUT2D eigenvalue weighted by Gasteiger charge is 2.40. The topological polar surface area (TPSA) is 12.0 Å². The van der Waals surface area contributed by atoms with Crippen LogP contribution in [0.1, 0.15) is 56.2 Å². The Labute approximate surface area is 128 Å². The lowest BCUT2D eigenvalue weighted by molar-refractivity contribution is 0.196. The molecule has 1 fully saturated rings. The van der Waals surface area contributed by atoms with Crippen molar-refractivity contribution >= 4 is 10.8 Å². The Morgan fingerprint density at radius 2 is 1.81 bits per heavy atom. The third-order valence-corrected chi connectivity index (χ3v) is 5.68. The van der Waals surface area contributed by atoms with Gasteiger partial charge in [0.05, 0.1) is 0 Å². The van der Waals surface area contributed by atoms with Gasteiger partial charge >= 0.3 is 0 Å². The Balaban J connectivity index is 2.19. The van der Waals surface area contributed by atoms with Crippen LogP contribution in [-0.4, -0.2) is 7.05 Å². The van der Waals surface area contributed by atoms with Crippen LogP contribution in [0.5, 0.6) is 0 Å². The molecule has 0 amide bonds. The van der Waals surface area contributed by atoms with Gasteiger partial charge in [0.2, 0.25) is 0 Å². The molecule has 0 aromatic heterocycles. The van der Waals surface area contributed by atoms with E-state index < -0.39 is 0 Å². The molecule has 3 rings (SSSR count).